The Labute approximate surface area is 207 Å². The average Bonchev–Trinajstić information content (AvgIpc) is 2.83. The average molecular weight is 536 g/mol. The van der Waals surface area contributed by atoms with E-state index in [1.165, 1.54) is 11.1 Å². The summed E-state index contributed by atoms with van der Waals surface area (Å²) < 4.78 is 31.9. The highest BCUT2D eigenvalue weighted by Crippen LogP contribution is 2.42. The fraction of sp³-hybridized carbons (Fsp3) is 0.154. The number of anilines is 2. The lowest BCUT2D eigenvalue weighted by molar-refractivity contribution is 0.482. The molecular formula is C26H22BrN3O3S. The Morgan fingerprint density at radius 1 is 1.03 bits per heavy atom. The number of halogens is 1. The van der Waals surface area contributed by atoms with Crippen LogP contribution in [0, 0.1) is 0 Å². The number of benzene rings is 3. The summed E-state index contributed by atoms with van der Waals surface area (Å²) in [5, 5.41) is 3.24. The summed E-state index contributed by atoms with van der Waals surface area (Å²) >= 11 is 3.59. The highest BCUT2D eigenvalue weighted by Gasteiger charge is 2.27. The van der Waals surface area contributed by atoms with Gasteiger partial charge in [-0.05, 0) is 59.4 Å². The Kier molecular flexibility index (Phi) is 6.20. The summed E-state index contributed by atoms with van der Waals surface area (Å²) in [5.41, 5.74) is 7.28. The zero-order valence-electron chi connectivity index (χ0n) is 18.1. The zero-order valence-corrected chi connectivity index (χ0v) is 20.6. The van der Waals surface area contributed by atoms with Crippen molar-refractivity contribution in [1.29, 1.82) is 0 Å². The van der Waals surface area contributed by atoms with E-state index in [9.17, 15) is 8.42 Å². The predicted molar refractivity (Wildman–Crippen MR) is 137 cm³/mol. The normalized spacial score (nSPS) is 14.8. The summed E-state index contributed by atoms with van der Waals surface area (Å²) in [6, 6.07) is 24.2. The van der Waals surface area contributed by atoms with E-state index in [4.69, 9.17) is 9.54 Å². The highest BCUT2D eigenvalue weighted by molar-refractivity contribution is 9.10. The lowest BCUT2D eigenvalue weighted by Gasteiger charge is -2.27. The number of hydrogen-bond donors (Lipinski definition) is 2. The smallest absolute Gasteiger partial charge is 0.265 e. The van der Waals surface area contributed by atoms with Crippen LogP contribution in [0.5, 0.6) is 0 Å². The molecule has 0 spiro atoms. The molecule has 0 bridgehead atoms. The Morgan fingerprint density at radius 3 is 2.59 bits per heavy atom. The minimum Gasteiger partial charge on any atom is -0.324 e. The Balaban J connectivity index is 1.40. The molecule has 5 rings (SSSR count). The number of aryl methyl sites for hydroxylation is 1. The molecule has 0 saturated heterocycles. The van der Waals surface area contributed by atoms with Gasteiger partial charge in [-0.1, -0.05) is 64.5 Å². The second-order valence-electron chi connectivity index (χ2n) is 8.32. The topological polar surface area (TPSA) is 92.2 Å². The maximum Gasteiger partial charge on any atom is 0.265 e. The molecule has 0 aliphatic heterocycles. The number of rotatable bonds is 6. The maximum atomic E-state index is 11.0. The molecule has 2 N–H and O–H groups in total. The summed E-state index contributed by atoms with van der Waals surface area (Å²) in [6.45, 7) is 0. The van der Waals surface area contributed by atoms with Gasteiger partial charge in [-0.2, -0.15) is 8.42 Å². The van der Waals surface area contributed by atoms with E-state index in [0.29, 0.717) is 5.95 Å². The molecule has 3 aromatic carbocycles. The number of hydrogen-bond acceptors (Lipinski definition) is 5. The first kappa shape index (κ1) is 22.7. The first-order valence-electron chi connectivity index (χ1n) is 10.9. The van der Waals surface area contributed by atoms with Crippen LogP contribution in [0.15, 0.2) is 83.5 Å². The molecule has 0 saturated carbocycles. The minimum absolute atomic E-state index is 0.235. The molecule has 1 heterocycles. The minimum atomic E-state index is -3.98. The number of fused-ring (bicyclic) bond motifs is 3. The molecule has 34 heavy (non-hydrogen) atoms. The molecule has 172 valence electrons. The Hall–Kier alpha value is -3.07. The van der Waals surface area contributed by atoms with Gasteiger partial charge in [0.1, 0.15) is 0 Å². The third kappa shape index (κ3) is 5.04. The van der Waals surface area contributed by atoms with Gasteiger partial charge in [0, 0.05) is 27.8 Å². The molecule has 1 unspecified atom stereocenters. The molecule has 0 radical (unpaired) electrons. The van der Waals surface area contributed by atoms with Crippen LogP contribution in [0.2, 0.25) is 0 Å². The SMILES string of the molecule is O=S(=O)(O)CCc1ccc(Nc2ncc3c(n2)-c2ccccc2C(c2cccc(Br)c2)C3)cc1. The largest absolute Gasteiger partial charge is 0.324 e. The van der Waals surface area contributed by atoms with Crippen LogP contribution in [0.1, 0.15) is 28.2 Å². The summed E-state index contributed by atoms with van der Waals surface area (Å²) in [7, 11) is -3.98. The predicted octanol–water partition coefficient (Wildman–Crippen LogP) is 5.77. The fourth-order valence-electron chi connectivity index (χ4n) is 4.35. The second-order valence-corrected chi connectivity index (χ2v) is 10.8. The Morgan fingerprint density at radius 2 is 1.82 bits per heavy atom. The van der Waals surface area contributed by atoms with Crippen LogP contribution in [0.3, 0.4) is 0 Å². The van der Waals surface area contributed by atoms with Crippen LogP contribution in [0.25, 0.3) is 11.3 Å². The molecule has 0 fully saturated rings. The zero-order chi connectivity index (χ0) is 23.7. The summed E-state index contributed by atoms with van der Waals surface area (Å²) in [6.07, 6.45) is 2.97. The van der Waals surface area contributed by atoms with Crippen molar-refractivity contribution in [2.75, 3.05) is 11.1 Å². The van der Waals surface area contributed by atoms with Gasteiger partial charge in [0.05, 0.1) is 11.4 Å². The molecule has 0 amide bonds. The van der Waals surface area contributed by atoms with Crippen LogP contribution in [0.4, 0.5) is 11.6 Å². The fourth-order valence-corrected chi connectivity index (χ4v) is 5.26. The molecule has 1 atom stereocenters. The first-order valence-corrected chi connectivity index (χ1v) is 13.3. The van der Waals surface area contributed by atoms with E-state index < -0.39 is 10.1 Å². The van der Waals surface area contributed by atoms with Crippen LogP contribution >= 0.6 is 15.9 Å². The summed E-state index contributed by atoms with van der Waals surface area (Å²) in [4.78, 5) is 9.40. The van der Waals surface area contributed by atoms with Gasteiger partial charge in [-0.15, -0.1) is 0 Å². The molecular weight excluding hydrogens is 514 g/mol. The third-order valence-electron chi connectivity index (χ3n) is 5.99. The van der Waals surface area contributed by atoms with Crippen LogP contribution in [-0.4, -0.2) is 28.7 Å². The van der Waals surface area contributed by atoms with Gasteiger partial charge >= 0.3 is 0 Å². The van der Waals surface area contributed by atoms with E-state index in [2.05, 4.69) is 62.6 Å². The highest BCUT2D eigenvalue weighted by atomic mass is 79.9. The van der Waals surface area contributed by atoms with Crippen molar-refractivity contribution in [2.24, 2.45) is 0 Å². The van der Waals surface area contributed by atoms with Crippen molar-refractivity contribution >= 4 is 37.7 Å². The van der Waals surface area contributed by atoms with Crippen molar-refractivity contribution in [1.82, 2.24) is 9.97 Å². The van der Waals surface area contributed by atoms with Crippen LogP contribution in [-0.2, 0) is 23.0 Å². The number of aromatic nitrogens is 2. The lowest BCUT2D eigenvalue weighted by atomic mass is 9.78. The third-order valence-corrected chi connectivity index (χ3v) is 7.20. The lowest BCUT2D eigenvalue weighted by Crippen LogP contribution is -2.15. The molecule has 1 aliphatic carbocycles. The molecule has 1 aromatic heterocycles. The molecule has 8 heteroatoms. The van der Waals surface area contributed by atoms with E-state index >= 15 is 0 Å². The van der Waals surface area contributed by atoms with E-state index in [1.54, 1.807) is 0 Å². The number of nitrogens with one attached hydrogen (secondary N) is 1. The van der Waals surface area contributed by atoms with Crippen molar-refractivity contribution in [2.45, 2.75) is 18.8 Å². The van der Waals surface area contributed by atoms with Gasteiger partial charge < -0.3 is 5.32 Å². The van der Waals surface area contributed by atoms with Gasteiger partial charge in [0.2, 0.25) is 5.95 Å². The molecule has 1 aliphatic rings. The van der Waals surface area contributed by atoms with E-state index in [-0.39, 0.29) is 18.1 Å². The van der Waals surface area contributed by atoms with Crippen molar-refractivity contribution in [3.8, 4) is 11.3 Å². The van der Waals surface area contributed by atoms with Gasteiger partial charge in [0.15, 0.2) is 0 Å². The summed E-state index contributed by atoms with van der Waals surface area (Å²) in [5.74, 6) is 0.438. The standard InChI is InChI=1S/C26H22BrN3O3S/c27-20-5-3-4-18(14-20)24-15-19-16-28-26(30-25(19)23-7-2-1-6-22(23)24)29-21-10-8-17(9-11-21)12-13-34(31,32)33/h1-11,14,16,24H,12-13,15H2,(H,28,29,30)(H,31,32,33). The van der Waals surface area contributed by atoms with Crippen molar-refractivity contribution in [3.63, 3.8) is 0 Å². The second kappa shape index (κ2) is 9.29. The van der Waals surface area contributed by atoms with Gasteiger partial charge in [-0.25, -0.2) is 9.97 Å². The number of nitrogens with zero attached hydrogens (tertiary/aromatic N) is 2. The van der Waals surface area contributed by atoms with Crippen LogP contribution < -0.4 is 5.32 Å². The van der Waals surface area contributed by atoms with Crippen molar-refractivity contribution in [3.05, 3.63) is 106 Å². The maximum absolute atomic E-state index is 11.0. The first-order chi connectivity index (χ1) is 16.4. The van der Waals surface area contributed by atoms with Crippen molar-refractivity contribution < 1.29 is 13.0 Å². The Bertz CT molecular complexity index is 1460. The molecule has 6 nitrogen and oxygen atoms in total. The van der Waals surface area contributed by atoms with Gasteiger partial charge in [0.25, 0.3) is 10.1 Å². The van der Waals surface area contributed by atoms with E-state index in [0.717, 1.165) is 39.0 Å². The quantitative estimate of drug-likeness (QED) is 0.304. The van der Waals surface area contributed by atoms with Gasteiger partial charge in [-0.3, -0.25) is 4.55 Å². The monoisotopic (exact) mass is 535 g/mol. The molecule has 4 aromatic rings. The van der Waals surface area contributed by atoms with E-state index in [1.807, 2.05) is 42.6 Å².